The third-order valence-electron chi connectivity index (χ3n) is 5.63. The summed E-state index contributed by atoms with van der Waals surface area (Å²) in [6.07, 6.45) is 1.97. The van der Waals surface area contributed by atoms with Crippen LogP contribution in [0.1, 0.15) is 42.3 Å². The quantitative estimate of drug-likeness (QED) is 0.746. The fourth-order valence-electron chi connectivity index (χ4n) is 4.36. The Morgan fingerprint density at radius 1 is 1.29 bits per heavy atom. The third kappa shape index (κ3) is 2.35. The Morgan fingerprint density at radius 3 is 2.79 bits per heavy atom. The number of hydrogen-bond donors (Lipinski definition) is 1. The van der Waals surface area contributed by atoms with Gasteiger partial charge in [0.15, 0.2) is 5.82 Å². The van der Waals surface area contributed by atoms with Gasteiger partial charge in [-0.15, -0.1) is 5.10 Å². The number of hydrogen-bond acceptors (Lipinski definition) is 6. The lowest BCUT2D eigenvalue weighted by molar-refractivity contribution is -0.121. The first-order valence-corrected chi connectivity index (χ1v) is 8.92. The molecule has 2 heterocycles. The highest BCUT2D eigenvalue weighted by molar-refractivity contribution is 5.99. The van der Waals surface area contributed by atoms with E-state index >= 15 is 0 Å². The van der Waals surface area contributed by atoms with Gasteiger partial charge in [0, 0.05) is 0 Å². The van der Waals surface area contributed by atoms with Crippen molar-refractivity contribution in [3.63, 3.8) is 0 Å². The maximum atomic E-state index is 14.1. The van der Waals surface area contributed by atoms with Gasteiger partial charge in [-0.2, -0.15) is 10.1 Å². The summed E-state index contributed by atoms with van der Waals surface area (Å²) in [5.74, 6) is -1.17. The number of nitrogens with zero attached hydrogens (tertiary/aromatic N) is 4. The summed E-state index contributed by atoms with van der Waals surface area (Å²) >= 11 is 0. The highest BCUT2D eigenvalue weighted by Gasteiger charge is 2.56. The summed E-state index contributed by atoms with van der Waals surface area (Å²) in [5.41, 5.74) is 0.445. The van der Waals surface area contributed by atoms with Gasteiger partial charge in [-0.05, 0) is 55.9 Å². The summed E-state index contributed by atoms with van der Waals surface area (Å²) in [7, 11) is 0. The fourth-order valence-corrected chi connectivity index (χ4v) is 4.36. The van der Waals surface area contributed by atoms with Crippen molar-refractivity contribution in [1.82, 2.24) is 20.3 Å². The van der Waals surface area contributed by atoms with Gasteiger partial charge in [-0.3, -0.25) is 10.1 Å². The van der Waals surface area contributed by atoms with Gasteiger partial charge in [0.05, 0.1) is 22.4 Å². The van der Waals surface area contributed by atoms with Crippen molar-refractivity contribution in [1.29, 1.82) is 0 Å². The van der Waals surface area contributed by atoms with Crippen LogP contribution in [0.3, 0.4) is 0 Å². The summed E-state index contributed by atoms with van der Waals surface area (Å²) < 4.78 is 33.2. The van der Waals surface area contributed by atoms with Crippen molar-refractivity contribution in [2.24, 2.45) is 0 Å². The minimum absolute atomic E-state index is 0.0341. The molecule has 1 N–H and O–H groups in total. The lowest BCUT2D eigenvalue weighted by Gasteiger charge is -2.25. The molecule has 1 fully saturated rings. The minimum atomic E-state index is -0.846. The van der Waals surface area contributed by atoms with Crippen LogP contribution in [0.25, 0.3) is 11.3 Å². The average Bonchev–Trinajstić information content (AvgIpc) is 3.36. The number of carbonyl (C=O) groups is 1. The van der Waals surface area contributed by atoms with Gasteiger partial charge >= 0.3 is 6.01 Å². The number of rotatable bonds is 3. The highest BCUT2D eigenvalue weighted by Crippen LogP contribution is 2.57. The SMILES string of the molecule is Cc1noc(NC(=O)[C@@]23CC[C@@H](C2)c2cc(-c4c(F)cccc4F)nnc23)n1. The Balaban J connectivity index is 1.53. The van der Waals surface area contributed by atoms with Crippen molar-refractivity contribution in [3.8, 4) is 11.3 Å². The second-order valence-corrected chi connectivity index (χ2v) is 7.25. The topological polar surface area (TPSA) is 93.8 Å². The molecule has 2 atom stereocenters. The van der Waals surface area contributed by atoms with Crippen LogP contribution in [0.5, 0.6) is 0 Å². The lowest BCUT2D eigenvalue weighted by Crippen LogP contribution is -2.38. The number of benzene rings is 1. The molecule has 0 radical (unpaired) electrons. The normalized spacial score (nSPS) is 22.3. The number of nitrogens with one attached hydrogen (secondary N) is 1. The van der Waals surface area contributed by atoms with Crippen LogP contribution in [0.4, 0.5) is 14.8 Å². The minimum Gasteiger partial charge on any atom is -0.315 e. The third-order valence-corrected chi connectivity index (χ3v) is 5.63. The van der Waals surface area contributed by atoms with E-state index in [1.807, 2.05) is 0 Å². The van der Waals surface area contributed by atoms with E-state index in [9.17, 15) is 13.6 Å². The molecule has 7 nitrogen and oxygen atoms in total. The Bertz CT molecular complexity index is 1100. The molecular weight excluding hydrogens is 368 g/mol. The van der Waals surface area contributed by atoms with Crippen molar-refractivity contribution in [2.75, 3.05) is 5.32 Å². The smallest absolute Gasteiger partial charge is 0.315 e. The fraction of sp³-hybridized carbons (Fsp3) is 0.316. The molecule has 2 aromatic heterocycles. The number of anilines is 1. The van der Waals surface area contributed by atoms with Crippen LogP contribution in [0.2, 0.25) is 0 Å². The van der Waals surface area contributed by atoms with Gasteiger partial charge in [-0.1, -0.05) is 11.2 Å². The van der Waals surface area contributed by atoms with E-state index in [1.165, 1.54) is 18.2 Å². The van der Waals surface area contributed by atoms with E-state index in [0.29, 0.717) is 24.4 Å². The lowest BCUT2D eigenvalue weighted by atomic mass is 9.82. The van der Waals surface area contributed by atoms with Crippen LogP contribution in [0, 0.1) is 18.6 Å². The molecule has 2 aliphatic rings. The molecule has 1 aromatic carbocycles. The van der Waals surface area contributed by atoms with Crippen LogP contribution in [-0.4, -0.2) is 26.2 Å². The zero-order valence-electron chi connectivity index (χ0n) is 14.9. The molecule has 1 amide bonds. The monoisotopic (exact) mass is 383 g/mol. The second kappa shape index (κ2) is 5.88. The molecule has 0 aliphatic heterocycles. The van der Waals surface area contributed by atoms with E-state index < -0.39 is 17.0 Å². The van der Waals surface area contributed by atoms with Crippen LogP contribution < -0.4 is 5.32 Å². The average molecular weight is 383 g/mol. The van der Waals surface area contributed by atoms with Gasteiger partial charge in [0.1, 0.15) is 11.6 Å². The van der Waals surface area contributed by atoms with E-state index in [1.54, 1.807) is 13.0 Å². The number of aryl methyl sites for hydroxylation is 1. The largest absolute Gasteiger partial charge is 0.328 e. The highest BCUT2D eigenvalue weighted by atomic mass is 19.1. The molecule has 142 valence electrons. The van der Waals surface area contributed by atoms with Crippen molar-refractivity contribution < 1.29 is 18.1 Å². The molecule has 2 aliphatic carbocycles. The predicted molar refractivity (Wildman–Crippen MR) is 93.3 cm³/mol. The van der Waals surface area contributed by atoms with E-state index in [-0.39, 0.29) is 29.1 Å². The van der Waals surface area contributed by atoms with Crippen LogP contribution >= 0.6 is 0 Å². The molecule has 5 rings (SSSR count). The molecule has 1 saturated carbocycles. The Hall–Kier alpha value is -3.23. The first kappa shape index (κ1) is 16.9. The zero-order chi connectivity index (χ0) is 19.5. The molecule has 2 bridgehead atoms. The molecule has 0 saturated heterocycles. The Labute approximate surface area is 158 Å². The van der Waals surface area contributed by atoms with Crippen molar-refractivity contribution >= 4 is 11.9 Å². The van der Waals surface area contributed by atoms with Gasteiger partial charge in [0.2, 0.25) is 5.91 Å². The van der Waals surface area contributed by atoms with E-state index in [2.05, 4.69) is 25.7 Å². The summed E-state index contributed by atoms with van der Waals surface area (Å²) in [5, 5.41) is 14.6. The van der Waals surface area contributed by atoms with Crippen molar-refractivity contribution in [3.05, 3.63) is 53.0 Å². The Morgan fingerprint density at radius 2 is 2.07 bits per heavy atom. The number of halogens is 2. The maximum Gasteiger partial charge on any atom is 0.328 e. The first-order valence-electron chi connectivity index (χ1n) is 8.92. The van der Waals surface area contributed by atoms with Gasteiger partial charge < -0.3 is 4.52 Å². The number of carbonyl (C=O) groups excluding carboxylic acids is 1. The summed E-state index contributed by atoms with van der Waals surface area (Å²) in [4.78, 5) is 17.0. The van der Waals surface area contributed by atoms with Gasteiger partial charge in [0.25, 0.3) is 0 Å². The van der Waals surface area contributed by atoms with E-state index in [0.717, 1.165) is 12.0 Å². The first-order chi connectivity index (χ1) is 13.5. The van der Waals surface area contributed by atoms with E-state index in [4.69, 9.17) is 4.52 Å². The predicted octanol–water partition coefficient (Wildman–Crippen LogP) is 3.27. The summed E-state index contributed by atoms with van der Waals surface area (Å²) in [6, 6.07) is 5.35. The molecule has 9 heteroatoms. The van der Waals surface area contributed by atoms with Crippen LogP contribution in [-0.2, 0) is 10.2 Å². The second-order valence-electron chi connectivity index (χ2n) is 7.25. The molecule has 3 aromatic rings. The standard InChI is InChI=1S/C19H15F2N5O2/c1-9-22-18(28-26-9)23-17(27)19-6-5-10(8-19)11-7-14(24-25-16(11)19)15-12(20)3-2-4-13(15)21/h2-4,7,10H,5-6,8H2,1H3,(H,22,23,26,27)/t10-,19-/m0/s1. The number of aromatic nitrogens is 4. The van der Waals surface area contributed by atoms with Crippen molar-refractivity contribution in [2.45, 2.75) is 37.5 Å². The zero-order valence-corrected chi connectivity index (χ0v) is 14.9. The number of fused-ring (bicyclic) bond motifs is 5. The maximum absolute atomic E-state index is 14.1. The molecule has 28 heavy (non-hydrogen) atoms. The molecule has 0 unspecified atom stereocenters. The molecular formula is C19H15F2N5O2. The number of amides is 1. The Kier molecular flexibility index (Phi) is 3.55. The summed E-state index contributed by atoms with van der Waals surface area (Å²) in [6.45, 7) is 1.66. The van der Waals surface area contributed by atoms with Gasteiger partial charge in [-0.25, -0.2) is 8.78 Å². The molecule has 0 spiro atoms. The van der Waals surface area contributed by atoms with Crippen LogP contribution in [0.15, 0.2) is 28.8 Å².